The minimum atomic E-state index is -0.727. The lowest BCUT2D eigenvalue weighted by Crippen LogP contribution is -3.06. The van der Waals surface area contributed by atoms with Crippen LogP contribution in [0.2, 0.25) is 10.0 Å². The molecule has 5 nitrogen and oxygen atoms in total. The van der Waals surface area contributed by atoms with Gasteiger partial charge in [-0.05, 0) is 17.7 Å². The number of halogens is 2. The Morgan fingerprint density at radius 2 is 1.75 bits per heavy atom. The molecule has 0 spiro atoms. The van der Waals surface area contributed by atoms with Crippen LogP contribution < -0.4 is 4.90 Å². The highest BCUT2D eigenvalue weighted by molar-refractivity contribution is 6.46. The van der Waals surface area contributed by atoms with E-state index in [1.54, 1.807) is 42.5 Å². The van der Waals surface area contributed by atoms with Crippen molar-refractivity contribution in [3.8, 4) is 0 Å². The number of amides is 1. The van der Waals surface area contributed by atoms with Gasteiger partial charge in [0.25, 0.3) is 11.7 Å². The van der Waals surface area contributed by atoms with Crippen LogP contribution in [0.3, 0.4) is 0 Å². The molecule has 28 heavy (non-hydrogen) atoms. The van der Waals surface area contributed by atoms with Crippen LogP contribution in [0.15, 0.2) is 54.1 Å². The summed E-state index contributed by atoms with van der Waals surface area (Å²) in [4.78, 5) is 28.2. The Morgan fingerprint density at radius 1 is 1.07 bits per heavy atom. The van der Waals surface area contributed by atoms with Crippen LogP contribution in [0.4, 0.5) is 0 Å². The predicted molar refractivity (Wildman–Crippen MR) is 110 cm³/mol. The Morgan fingerprint density at radius 3 is 2.36 bits per heavy atom. The molecule has 1 aliphatic heterocycles. The van der Waals surface area contributed by atoms with Gasteiger partial charge in [0.05, 0.1) is 48.8 Å². The van der Waals surface area contributed by atoms with Crippen LogP contribution in [0.1, 0.15) is 17.2 Å². The van der Waals surface area contributed by atoms with E-state index in [4.69, 9.17) is 23.2 Å². The first-order valence-corrected chi connectivity index (χ1v) is 9.64. The van der Waals surface area contributed by atoms with Gasteiger partial charge in [-0.2, -0.15) is 0 Å². The molecule has 2 N–H and O–H groups in total. The summed E-state index contributed by atoms with van der Waals surface area (Å²) >= 11 is 12.2. The topological polar surface area (TPSA) is 62.0 Å². The van der Waals surface area contributed by atoms with Gasteiger partial charge in [-0.15, -0.1) is 0 Å². The van der Waals surface area contributed by atoms with Gasteiger partial charge in [0.2, 0.25) is 0 Å². The average molecular weight is 420 g/mol. The van der Waals surface area contributed by atoms with Crippen LogP contribution in [0.25, 0.3) is 5.76 Å². The quantitative estimate of drug-likeness (QED) is 0.444. The Kier molecular flexibility index (Phi) is 6.08. The summed E-state index contributed by atoms with van der Waals surface area (Å²) in [7, 11) is 3.93. The summed E-state index contributed by atoms with van der Waals surface area (Å²) in [5, 5.41) is 11.6. The highest BCUT2D eigenvalue weighted by Crippen LogP contribution is 2.40. The number of carbonyl (C=O) groups is 2. The number of likely N-dealkylation sites (tertiary alicyclic amines) is 1. The van der Waals surface area contributed by atoms with Gasteiger partial charge in [-0.25, -0.2) is 0 Å². The molecule has 146 valence electrons. The molecule has 7 heteroatoms. The summed E-state index contributed by atoms with van der Waals surface area (Å²) in [6, 6.07) is 13.0. The number of rotatable bonds is 5. The van der Waals surface area contributed by atoms with Crippen molar-refractivity contribution < 1.29 is 19.6 Å². The van der Waals surface area contributed by atoms with Gasteiger partial charge >= 0.3 is 0 Å². The number of nitrogens with one attached hydrogen (secondary N) is 1. The van der Waals surface area contributed by atoms with Crippen molar-refractivity contribution in [3.63, 3.8) is 0 Å². The standard InChI is InChI=1S/C21H20Cl2N2O3/c1-24(2)10-11-25-18(14-8-9-15(22)16(23)12-14)17(20(27)21(25)28)19(26)13-6-4-3-5-7-13/h3-9,12,18,26H,10-11H2,1-2H3/p+1/t18-/m1/s1. The van der Waals surface area contributed by atoms with E-state index in [-0.39, 0.29) is 11.3 Å². The molecule has 0 aromatic heterocycles. The molecule has 0 aliphatic carbocycles. The van der Waals surface area contributed by atoms with Crippen molar-refractivity contribution in [1.29, 1.82) is 0 Å². The van der Waals surface area contributed by atoms with Gasteiger partial charge in [0.1, 0.15) is 5.76 Å². The summed E-state index contributed by atoms with van der Waals surface area (Å²) in [5.41, 5.74) is 1.16. The fourth-order valence-electron chi connectivity index (χ4n) is 3.24. The summed E-state index contributed by atoms with van der Waals surface area (Å²) < 4.78 is 0. The molecule has 2 aromatic carbocycles. The molecule has 0 bridgehead atoms. The number of ketones is 1. The number of benzene rings is 2. The summed E-state index contributed by atoms with van der Waals surface area (Å²) in [5.74, 6) is -1.53. The number of Topliss-reactive ketones (excluding diaryl/α,β-unsaturated/α-hetero) is 1. The van der Waals surface area contributed by atoms with Crippen molar-refractivity contribution in [2.75, 3.05) is 27.2 Å². The Balaban J connectivity index is 2.16. The minimum Gasteiger partial charge on any atom is -0.507 e. The van der Waals surface area contributed by atoms with E-state index in [1.807, 2.05) is 20.2 Å². The normalized spacial score (nSPS) is 18.9. The maximum atomic E-state index is 12.8. The monoisotopic (exact) mass is 419 g/mol. The molecule has 0 saturated carbocycles. The van der Waals surface area contributed by atoms with Gasteiger partial charge < -0.3 is 14.9 Å². The minimum absolute atomic E-state index is 0.0587. The third kappa shape index (κ3) is 3.92. The number of likely N-dealkylation sites (N-methyl/N-ethyl adjacent to an activating group) is 1. The van der Waals surface area contributed by atoms with E-state index in [2.05, 4.69) is 0 Å². The Hall–Kier alpha value is -2.34. The van der Waals surface area contributed by atoms with Gasteiger partial charge in [-0.3, -0.25) is 9.59 Å². The molecule has 1 fully saturated rings. The maximum Gasteiger partial charge on any atom is 0.295 e. The van der Waals surface area contributed by atoms with E-state index in [9.17, 15) is 14.7 Å². The molecule has 1 amide bonds. The number of aliphatic hydroxyl groups excluding tert-OH is 1. The molecule has 1 aliphatic rings. The number of carbonyl (C=O) groups excluding carboxylic acids is 2. The first kappa shape index (κ1) is 20.4. The molecule has 0 unspecified atom stereocenters. The molecular formula is C21H21Cl2N2O3+. The highest BCUT2D eigenvalue weighted by Gasteiger charge is 2.46. The largest absolute Gasteiger partial charge is 0.507 e. The van der Waals surface area contributed by atoms with Crippen LogP contribution in [-0.4, -0.2) is 48.9 Å². The van der Waals surface area contributed by atoms with Crippen molar-refractivity contribution >= 4 is 40.7 Å². The Bertz CT molecular complexity index is 942. The number of nitrogens with zero attached hydrogens (tertiary/aromatic N) is 1. The van der Waals surface area contributed by atoms with E-state index in [0.717, 1.165) is 4.90 Å². The second-order valence-corrected chi connectivity index (χ2v) is 7.80. The van der Waals surface area contributed by atoms with Gasteiger partial charge in [-0.1, -0.05) is 59.6 Å². The van der Waals surface area contributed by atoms with E-state index in [1.165, 1.54) is 4.90 Å². The van der Waals surface area contributed by atoms with Crippen molar-refractivity contribution in [1.82, 2.24) is 4.90 Å². The molecule has 1 heterocycles. The van der Waals surface area contributed by atoms with E-state index in [0.29, 0.717) is 34.3 Å². The lowest BCUT2D eigenvalue weighted by atomic mass is 9.95. The Labute approximate surface area is 173 Å². The van der Waals surface area contributed by atoms with Crippen LogP contribution in [0, 0.1) is 0 Å². The van der Waals surface area contributed by atoms with E-state index < -0.39 is 17.7 Å². The first-order chi connectivity index (χ1) is 13.3. The lowest BCUT2D eigenvalue weighted by molar-refractivity contribution is -0.857. The third-order valence-corrected chi connectivity index (χ3v) is 5.44. The molecule has 2 aromatic rings. The molecule has 1 atom stereocenters. The third-order valence-electron chi connectivity index (χ3n) is 4.70. The van der Waals surface area contributed by atoms with Crippen molar-refractivity contribution in [2.24, 2.45) is 0 Å². The second kappa shape index (κ2) is 8.35. The van der Waals surface area contributed by atoms with Crippen molar-refractivity contribution in [2.45, 2.75) is 6.04 Å². The van der Waals surface area contributed by atoms with Gasteiger partial charge in [0, 0.05) is 5.56 Å². The molecule has 3 rings (SSSR count). The fraction of sp³-hybridized carbons (Fsp3) is 0.238. The van der Waals surface area contributed by atoms with Crippen LogP contribution in [0.5, 0.6) is 0 Å². The zero-order valence-electron chi connectivity index (χ0n) is 15.6. The number of hydrogen-bond donors (Lipinski definition) is 2. The fourth-order valence-corrected chi connectivity index (χ4v) is 3.54. The maximum absolute atomic E-state index is 12.8. The van der Waals surface area contributed by atoms with Crippen LogP contribution in [-0.2, 0) is 9.59 Å². The van der Waals surface area contributed by atoms with Crippen LogP contribution >= 0.6 is 23.2 Å². The number of hydrogen-bond acceptors (Lipinski definition) is 3. The molecule has 0 radical (unpaired) electrons. The van der Waals surface area contributed by atoms with E-state index >= 15 is 0 Å². The average Bonchev–Trinajstić information content (AvgIpc) is 2.93. The number of aliphatic hydroxyl groups is 1. The smallest absolute Gasteiger partial charge is 0.295 e. The molecule has 1 saturated heterocycles. The zero-order chi connectivity index (χ0) is 20.4. The first-order valence-electron chi connectivity index (χ1n) is 8.89. The molecular weight excluding hydrogens is 399 g/mol. The number of quaternary nitrogens is 1. The highest BCUT2D eigenvalue weighted by atomic mass is 35.5. The van der Waals surface area contributed by atoms with Crippen molar-refractivity contribution in [3.05, 3.63) is 75.3 Å². The second-order valence-electron chi connectivity index (χ2n) is 6.99. The summed E-state index contributed by atoms with van der Waals surface area (Å²) in [6.07, 6.45) is 0. The SMILES string of the molecule is C[NH+](C)CCN1C(=O)C(=O)C(=C(O)c2ccccc2)[C@H]1c1ccc(Cl)c(Cl)c1. The summed E-state index contributed by atoms with van der Waals surface area (Å²) in [6.45, 7) is 1.01. The lowest BCUT2D eigenvalue weighted by Gasteiger charge is -2.26. The van der Waals surface area contributed by atoms with Gasteiger partial charge in [0.15, 0.2) is 0 Å². The predicted octanol–water partition coefficient (Wildman–Crippen LogP) is 2.56. The zero-order valence-corrected chi connectivity index (χ0v) is 17.1.